The zero-order valence-electron chi connectivity index (χ0n) is 17.4. The normalized spacial score (nSPS) is 17.0. The number of hydrogen-bond acceptors (Lipinski definition) is 6. The van der Waals surface area contributed by atoms with Crippen molar-refractivity contribution in [2.24, 2.45) is 0 Å². The molecule has 2 aliphatic heterocycles. The number of alkyl halides is 3. The predicted molar refractivity (Wildman–Crippen MR) is 110 cm³/mol. The highest BCUT2D eigenvalue weighted by Crippen LogP contribution is 2.33. The summed E-state index contributed by atoms with van der Waals surface area (Å²) in [7, 11) is -3.78. The molecule has 1 fully saturated rings. The molecule has 33 heavy (non-hydrogen) atoms. The molecule has 1 saturated heterocycles. The summed E-state index contributed by atoms with van der Waals surface area (Å²) < 4.78 is 81.2. The maximum absolute atomic E-state index is 13.0. The van der Waals surface area contributed by atoms with Crippen molar-refractivity contribution >= 4 is 15.9 Å². The molecule has 178 valence electrons. The van der Waals surface area contributed by atoms with E-state index < -0.39 is 21.8 Å². The van der Waals surface area contributed by atoms with E-state index in [9.17, 15) is 26.4 Å². The number of carbonyl (C=O) groups excluding carboxylic acids is 1. The maximum atomic E-state index is 13.0. The Balaban J connectivity index is 1.31. The van der Waals surface area contributed by atoms with Crippen molar-refractivity contribution in [3.63, 3.8) is 0 Å². The van der Waals surface area contributed by atoms with E-state index in [1.54, 1.807) is 6.07 Å². The average molecular weight is 486 g/mol. The van der Waals surface area contributed by atoms with Gasteiger partial charge in [0.2, 0.25) is 10.0 Å². The number of fused-ring (bicyclic) bond motifs is 1. The van der Waals surface area contributed by atoms with E-state index in [1.165, 1.54) is 21.3 Å². The van der Waals surface area contributed by atoms with Gasteiger partial charge in [0.15, 0.2) is 18.1 Å². The van der Waals surface area contributed by atoms with Gasteiger partial charge in [-0.2, -0.15) is 17.5 Å². The highest BCUT2D eigenvalue weighted by atomic mass is 32.2. The van der Waals surface area contributed by atoms with Crippen molar-refractivity contribution in [2.75, 3.05) is 46.0 Å². The van der Waals surface area contributed by atoms with Crippen LogP contribution in [-0.2, 0) is 21.0 Å². The van der Waals surface area contributed by atoms with Gasteiger partial charge in [0.05, 0.1) is 10.5 Å². The number of ether oxygens (including phenoxy) is 3. The second-order valence-electron chi connectivity index (χ2n) is 7.40. The lowest BCUT2D eigenvalue weighted by Gasteiger charge is -2.34. The first-order valence-electron chi connectivity index (χ1n) is 10.1. The van der Waals surface area contributed by atoms with E-state index in [1.807, 2.05) is 0 Å². The van der Waals surface area contributed by atoms with E-state index in [0.29, 0.717) is 24.7 Å². The smallest absolute Gasteiger partial charge is 0.416 e. The zero-order chi connectivity index (χ0) is 23.6. The SMILES string of the molecule is O=C(COc1ccc(C(F)(F)F)cc1)N1CCN(S(=O)(=O)c2ccc3c(c2)OCCO3)CC1. The van der Waals surface area contributed by atoms with Crippen molar-refractivity contribution in [2.45, 2.75) is 11.1 Å². The first kappa shape index (κ1) is 23.2. The van der Waals surface area contributed by atoms with Crippen LogP contribution in [0.25, 0.3) is 0 Å². The fourth-order valence-electron chi connectivity index (χ4n) is 3.49. The average Bonchev–Trinajstić information content (AvgIpc) is 2.82. The minimum absolute atomic E-state index is 0.0807. The standard InChI is InChI=1S/C21H21F3N2O6S/c22-21(23,24)15-1-3-16(4-2-15)32-14-20(27)25-7-9-26(10-8-25)33(28,29)17-5-6-18-19(13-17)31-12-11-30-18/h1-6,13H,7-12,14H2. The molecule has 2 heterocycles. The largest absolute Gasteiger partial charge is 0.486 e. The summed E-state index contributed by atoms with van der Waals surface area (Å²) in [4.78, 5) is 13.9. The number of sulfonamides is 1. The zero-order valence-corrected chi connectivity index (χ0v) is 18.2. The topological polar surface area (TPSA) is 85.4 Å². The molecule has 2 aromatic carbocycles. The van der Waals surface area contributed by atoms with Crippen molar-refractivity contribution in [1.29, 1.82) is 0 Å². The lowest BCUT2D eigenvalue weighted by Crippen LogP contribution is -2.51. The third-order valence-corrected chi connectivity index (χ3v) is 7.18. The molecule has 0 bridgehead atoms. The van der Waals surface area contributed by atoms with Crippen LogP contribution in [0.5, 0.6) is 17.2 Å². The molecule has 0 unspecified atom stereocenters. The maximum Gasteiger partial charge on any atom is 0.416 e. The molecule has 2 aliphatic rings. The molecule has 0 N–H and O–H groups in total. The van der Waals surface area contributed by atoms with Crippen molar-refractivity contribution in [1.82, 2.24) is 9.21 Å². The lowest BCUT2D eigenvalue weighted by atomic mass is 10.2. The molecule has 0 atom stereocenters. The third-order valence-electron chi connectivity index (χ3n) is 5.29. The van der Waals surface area contributed by atoms with Crippen molar-refractivity contribution < 1.29 is 40.6 Å². The number of carbonyl (C=O) groups is 1. The minimum Gasteiger partial charge on any atom is -0.486 e. The monoisotopic (exact) mass is 486 g/mol. The number of nitrogens with zero attached hydrogens (tertiary/aromatic N) is 2. The molecular formula is C21H21F3N2O6S. The summed E-state index contributed by atoms with van der Waals surface area (Å²) in [6, 6.07) is 8.49. The summed E-state index contributed by atoms with van der Waals surface area (Å²) >= 11 is 0. The van der Waals surface area contributed by atoms with Crippen LogP contribution in [0.2, 0.25) is 0 Å². The molecule has 12 heteroatoms. The Morgan fingerprint density at radius 1 is 0.939 bits per heavy atom. The number of benzene rings is 2. The van der Waals surface area contributed by atoms with Crippen LogP contribution in [0.4, 0.5) is 13.2 Å². The lowest BCUT2D eigenvalue weighted by molar-refractivity contribution is -0.138. The fraction of sp³-hybridized carbons (Fsp3) is 0.381. The van der Waals surface area contributed by atoms with E-state index in [4.69, 9.17) is 14.2 Å². The molecule has 0 spiro atoms. The Hall–Kier alpha value is -2.99. The fourth-order valence-corrected chi connectivity index (χ4v) is 4.93. The van der Waals surface area contributed by atoms with Gasteiger partial charge in [-0.15, -0.1) is 0 Å². The Labute approximate surface area is 188 Å². The molecule has 0 saturated carbocycles. The van der Waals surface area contributed by atoms with Crippen LogP contribution in [0.1, 0.15) is 5.56 Å². The second-order valence-corrected chi connectivity index (χ2v) is 9.34. The molecule has 8 nitrogen and oxygen atoms in total. The summed E-state index contributed by atoms with van der Waals surface area (Å²) in [5.74, 6) is 0.614. The third kappa shape index (κ3) is 5.17. The molecule has 1 amide bonds. The van der Waals surface area contributed by atoms with Crippen molar-refractivity contribution in [3.8, 4) is 17.2 Å². The van der Waals surface area contributed by atoms with Gasteiger partial charge in [0, 0.05) is 32.2 Å². The van der Waals surface area contributed by atoms with Crippen LogP contribution < -0.4 is 14.2 Å². The molecule has 0 radical (unpaired) electrons. The van der Waals surface area contributed by atoms with Crippen LogP contribution >= 0.6 is 0 Å². The minimum atomic E-state index is -4.45. The van der Waals surface area contributed by atoms with Gasteiger partial charge < -0.3 is 19.1 Å². The van der Waals surface area contributed by atoms with Gasteiger partial charge in [-0.05, 0) is 36.4 Å². The number of hydrogen-bond donors (Lipinski definition) is 0. The van der Waals surface area contributed by atoms with Crippen LogP contribution in [-0.4, -0.2) is 69.5 Å². The first-order valence-corrected chi connectivity index (χ1v) is 11.6. The van der Waals surface area contributed by atoms with E-state index in [0.717, 1.165) is 24.3 Å². The van der Waals surface area contributed by atoms with Crippen LogP contribution in [0.15, 0.2) is 47.4 Å². The Kier molecular flexibility index (Phi) is 6.39. The molecule has 4 rings (SSSR count). The van der Waals surface area contributed by atoms with Crippen molar-refractivity contribution in [3.05, 3.63) is 48.0 Å². The Bertz CT molecular complexity index is 1110. The molecule has 0 aromatic heterocycles. The quantitative estimate of drug-likeness (QED) is 0.645. The summed E-state index contributed by atoms with van der Waals surface area (Å²) in [6.45, 7) is 0.910. The van der Waals surface area contributed by atoms with E-state index in [2.05, 4.69) is 0 Å². The highest BCUT2D eigenvalue weighted by Gasteiger charge is 2.32. The molecular weight excluding hydrogens is 465 g/mol. The first-order chi connectivity index (χ1) is 15.6. The van der Waals surface area contributed by atoms with Gasteiger partial charge in [-0.1, -0.05) is 0 Å². The van der Waals surface area contributed by atoms with Crippen LogP contribution in [0.3, 0.4) is 0 Å². The number of amides is 1. The Morgan fingerprint density at radius 3 is 2.21 bits per heavy atom. The van der Waals surface area contributed by atoms with Gasteiger partial charge in [0.1, 0.15) is 19.0 Å². The predicted octanol–water partition coefficient (Wildman–Crippen LogP) is 2.39. The summed E-state index contributed by atoms with van der Waals surface area (Å²) in [5, 5.41) is 0. The number of rotatable bonds is 5. The summed E-state index contributed by atoms with van der Waals surface area (Å²) in [5.41, 5.74) is -0.809. The number of piperazine rings is 1. The van der Waals surface area contributed by atoms with E-state index >= 15 is 0 Å². The summed E-state index contributed by atoms with van der Waals surface area (Å²) in [6.07, 6.45) is -4.45. The van der Waals surface area contributed by atoms with Gasteiger partial charge in [-0.25, -0.2) is 8.42 Å². The highest BCUT2D eigenvalue weighted by molar-refractivity contribution is 7.89. The number of halogens is 3. The van der Waals surface area contributed by atoms with Gasteiger partial charge in [0.25, 0.3) is 5.91 Å². The van der Waals surface area contributed by atoms with Gasteiger partial charge >= 0.3 is 6.18 Å². The molecule has 0 aliphatic carbocycles. The molecule has 2 aromatic rings. The Morgan fingerprint density at radius 2 is 1.58 bits per heavy atom. The van der Waals surface area contributed by atoms with Gasteiger partial charge in [-0.3, -0.25) is 4.79 Å². The van der Waals surface area contributed by atoms with Crippen LogP contribution in [0, 0.1) is 0 Å². The van der Waals surface area contributed by atoms with E-state index in [-0.39, 0.29) is 49.3 Å². The second kappa shape index (κ2) is 9.10.